The molecule has 2 aliphatic rings. The van der Waals surface area contributed by atoms with E-state index in [-0.39, 0.29) is 21.7 Å². The fourth-order valence-corrected chi connectivity index (χ4v) is 8.57. The molecule has 6 aromatic carbocycles. The van der Waals surface area contributed by atoms with Gasteiger partial charge in [0, 0.05) is 22.7 Å². The van der Waals surface area contributed by atoms with Gasteiger partial charge in [-0.25, -0.2) is 0 Å². The van der Waals surface area contributed by atoms with Crippen molar-refractivity contribution in [2.24, 2.45) is 0 Å². The van der Waals surface area contributed by atoms with Crippen molar-refractivity contribution in [3.8, 4) is 0 Å². The van der Waals surface area contributed by atoms with Crippen LogP contribution in [0.4, 0.5) is 45.5 Å². The Kier molecular flexibility index (Phi) is 9.89. The maximum Gasteiger partial charge on any atom is 0.166 e. The van der Waals surface area contributed by atoms with Gasteiger partial charge >= 0.3 is 0 Å². The Hall–Kier alpha value is -5.74. The summed E-state index contributed by atoms with van der Waals surface area (Å²) in [6.07, 6.45) is 0. The van der Waals surface area contributed by atoms with E-state index in [0.717, 1.165) is 57.1 Å². The topological polar surface area (TPSA) is 13.0 Å². The lowest BCUT2D eigenvalue weighted by atomic mass is 9.86. The van der Waals surface area contributed by atoms with E-state index in [4.69, 9.17) is 0 Å². The van der Waals surface area contributed by atoms with Crippen LogP contribution in [0.5, 0.6) is 0 Å². The highest BCUT2D eigenvalue weighted by atomic mass is 15.5. The van der Waals surface area contributed by atoms with Crippen LogP contribution >= 0.6 is 0 Å². The Bertz CT molecular complexity index is 2420. The van der Waals surface area contributed by atoms with Crippen LogP contribution in [-0.4, -0.2) is 0 Å². The van der Waals surface area contributed by atoms with E-state index in [1.807, 2.05) is 0 Å². The molecule has 0 atom stereocenters. The van der Waals surface area contributed by atoms with Crippen molar-refractivity contribution >= 4 is 45.5 Å². The van der Waals surface area contributed by atoms with Crippen LogP contribution in [0.25, 0.3) is 0 Å². The molecular formula is C56H64N4. The molecule has 2 aliphatic heterocycles. The third-order valence-corrected chi connectivity index (χ3v) is 12.2. The van der Waals surface area contributed by atoms with Crippen LogP contribution in [0.3, 0.4) is 0 Å². The molecule has 8 rings (SSSR count). The predicted octanol–water partition coefficient (Wildman–Crippen LogP) is 15.9. The molecule has 0 aromatic heterocycles. The van der Waals surface area contributed by atoms with Gasteiger partial charge in [-0.2, -0.15) is 0 Å². The first-order valence-corrected chi connectivity index (χ1v) is 21.7. The van der Waals surface area contributed by atoms with Crippen LogP contribution < -0.4 is 19.6 Å². The average molecular weight is 793 g/mol. The van der Waals surface area contributed by atoms with Gasteiger partial charge < -0.3 is 0 Å². The Morgan fingerprint density at radius 3 is 0.883 bits per heavy atom. The highest BCUT2D eigenvalue weighted by molar-refractivity contribution is 6.00. The summed E-state index contributed by atoms with van der Waals surface area (Å²) in [6.45, 7) is 32.0. The second kappa shape index (κ2) is 14.5. The predicted molar refractivity (Wildman–Crippen MR) is 259 cm³/mol. The van der Waals surface area contributed by atoms with E-state index >= 15 is 0 Å². The Balaban J connectivity index is 1.55. The summed E-state index contributed by atoms with van der Waals surface area (Å²) in [6, 6.07) is 50.8. The lowest BCUT2D eigenvalue weighted by Gasteiger charge is -2.34. The third-order valence-electron chi connectivity index (χ3n) is 12.2. The summed E-state index contributed by atoms with van der Waals surface area (Å²) in [5.74, 6) is 2.14. The monoisotopic (exact) mass is 793 g/mol. The average Bonchev–Trinajstić information content (AvgIpc) is 3.69. The smallest absolute Gasteiger partial charge is 0.166 e. The van der Waals surface area contributed by atoms with E-state index in [9.17, 15) is 0 Å². The first kappa shape index (κ1) is 41.0. The fraction of sp³-hybridized carbons (Fsp3) is 0.321. The van der Waals surface area contributed by atoms with Crippen molar-refractivity contribution in [1.29, 1.82) is 0 Å². The minimum atomic E-state index is -0.0518. The van der Waals surface area contributed by atoms with E-state index in [1.165, 1.54) is 33.4 Å². The molecular weight excluding hydrogens is 729 g/mol. The van der Waals surface area contributed by atoms with Crippen LogP contribution in [0, 0.1) is 13.8 Å². The first-order valence-electron chi connectivity index (χ1n) is 21.7. The maximum absolute atomic E-state index is 2.53. The zero-order chi connectivity index (χ0) is 43.1. The lowest BCUT2D eigenvalue weighted by molar-refractivity contribution is 0.590. The van der Waals surface area contributed by atoms with Crippen LogP contribution in [-0.2, 0) is 21.7 Å². The molecule has 0 radical (unpaired) electrons. The highest BCUT2D eigenvalue weighted by Crippen LogP contribution is 2.58. The molecule has 2 heterocycles. The van der Waals surface area contributed by atoms with Gasteiger partial charge in [0.05, 0.1) is 22.7 Å². The number of fused-ring (bicyclic) bond motifs is 2. The second-order valence-electron chi connectivity index (χ2n) is 21.2. The first-order chi connectivity index (χ1) is 28.1. The fourth-order valence-electron chi connectivity index (χ4n) is 8.57. The molecule has 0 aliphatic carbocycles. The van der Waals surface area contributed by atoms with E-state index in [1.54, 1.807) is 0 Å². The van der Waals surface area contributed by atoms with Crippen molar-refractivity contribution in [3.63, 3.8) is 0 Å². The molecule has 0 saturated carbocycles. The van der Waals surface area contributed by atoms with Crippen molar-refractivity contribution in [2.75, 3.05) is 19.6 Å². The van der Waals surface area contributed by atoms with E-state index in [2.05, 4.69) is 250 Å². The SMILES string of the molecule is Cc1cccc(N2/C(=C3\N(c4ccc(C(C)(C)C)cc4)c4ccc(C(C)(C)C)cc4N3c3cccc(C)c3)N(c3ccc(C(C)(C)C)cc3)c3ccc(C(C)(C)C)cc32)c1. The number of benzene rings is 6. The number of anilines is 8. The van der Waals surface area contributed by atoms with Gasteiger partial charge in [-0.1, -0.05) is 144 Å². The molecule has 60 heavy (non-hydrogen) atoms. The number of aryl methyl sites for hydroxylation is 2. The van der Waals surface area contributed by atoms with Crippen molar-refractivity contribution in [1.82, 2.24) is 0 Å². The van der Waals surface area contributed by atoms with Gasteiger partial charge in [-0.05, 0) is 142 Å². The van der Waals surface area contributed by atoms with Gasteiger partial charge in [0.2, 0.25) is 0 Å². The Morgan fingerprint density at radius 1 is 0.283 bits per heavy atom. The molecule has 0 fully saturated rings. The van der Waals surface area contributed by atoms with Gasteiger partial charge in [-0.15, -0.1) is 0 Å². The minimum Gasteiger partial charge on any atom is -0.291 e. The molecule has 0 spiro atoms. The molecule has 308 valence electrons. The van der Waals surface area contributed by atoms with Crippen molar-refractivity contribution in [2.45, 2.75) is 119 Å². The summed E-state index contributed by atoms with van der Waals surface area (Å²) in [7, 11) is 0. The summed E-state index contributed by atoms with van der Waals surface area (Å²) >= 11 is 0. The van der Waals surface area contributed by atoms with E-state index in [0.29, 0.717) is 0 Å². The molecule has 4 heteroatoms. The number of hydrogen-bond donors (Lipinski definition) is 0. The lowest BCUT2D eigenvalue weighted by Crippen LogP contribution is -2.33. The van der Waals surface area contributed by atoms with E-state index < -0.39 is 0 Å². The Morgan fingerprint density at radius 2 is 0.583 bits per heavy atom. The summed E-state index contributed by atoms with van der Waals surface area (Å²) in [4.78, 5) is 10.1. The van der Waals surface area contributed by atoms with Crippen molar-refractivity contribution < 1.29 is 0 Å². The number of nitrogens with zero attached hydrogens (tertiary/aromatic N) is 4. The summed E-state index contributed by atoms with van der Waals surface area (Å²) < 4.78 is 0. The molecule has 0 bridgehead atoms. The number of rotatable bonds is 4. The molecule has 4 nitrogen and oxygen atoms in total. The summed E-state index contributed by atoms with van der Waals surface area (Å²) in [5, 5.41) is 0. The quantitative estimate of drug-likeness (QED) is 0.176. The van der Waals surface area contributed by atoms with Crippen LogP contribution in [0.15, 0.2) is 145 Å². The zero-order valence-electron chi connectivity index (χ0n) is 38.5. The molecule has 0 saturated heterocycles. The highest BCUT2D eigenvalue weighted by Gasteiger charge is 2.45. The Labute approximate surface area is 360 Å². The third kappa shape index (κ3) is 7.40. The molecule has 0 N–H and O–H groups in total. The van der Waals surface area contributed by atoms with Gasteiger partial charge in [0.25, 0.3) is 0 Å². The molecule has 0 unspecified atom stereocenters. The molecule has 6 aromatic rings. The number of hydrogen-bond acceptors (Lipinski definition) is 4. The van der Waals surface area contributed by atoms with Gasteiger partial charge in [0.15, 0.2) is 11.6 Å². The van der Waals surface area contributed by atoms with Crippen molar-refractivity contribution in [3.05, 3.63) is 178 Å². The normalized spacial score (nSPS) is 15.8. The standard InChI is InChI=1S/C56H64N4/c1-37-17-15-19-45(33-37)59-49-35-41(55(9,10)11)25-31-47(49)57(43-27-21-39(22-28-43)53(3,4)5)51(59)52-58(44-29-23-40(24-30-44)54(6,7)8)48-32-26-42(56(12,13)14)36-50(48)60(52)46-20-16-18-38(2)34-46/h15-36H,1-14H3/b52-51+. The zero-order valence-corrected chi connectivity index (χ0v) is 38.5. The van der Waals surface area contributed by atoms with Crippen LogP contribution in [0.2, 0.25) is 0 Å². The second-order valence-corrected chi connectivity index (χ2v) is 21.2. The maximum atomic E-state index is 2.53. The summed E-state index contributed by atoms with van der Waals surface area (Å²) in [5.41, 5.74) is 16.7. The minimum absolute atomic E-state index is 0.0216. The largest absolute Gasteiger partial charge is 0.291 e. The van der Waals surface area contributed by atoms with Crippen LogP contribution in [0.1, 0.15) is 116 Å². The van der Waals surface area contributed by atoms with Gasteiger partial charge in [-0.3, -0.25) is 19.6 Å². The van der Waals surface area contributed by atoms with Gasteiger partial charge in [0.1, 0.15) is 0 Å². The molecule has 0 amide bonds.